The molecule has 1 heterocycles. The Balaban J connectivity index is 2.21. The second-order valence-electron chi connectivity index (χ2n) is 4.07. The smallest absolute Gasteiger partial charge is 0.0794 e. The fraction of sp³-hybridized carbons (Fsp3) is 0.250. The largest absolute Gasteiger partial charge is 0.321 e. The van der Waals surface area contributed by atoms with Crippen molar-refractivity contribution < 1.29 is 0 Å². The van der Waals surface area contributed by atoms with Crippen LogP contribution in [0.25, 0.3) is 0 Å². The van der Waals surface area contributed by atoms with Crippen LogP contribution in [0, 0.1) is 0 Å². The summed E-state index contributed by atoms with van der Waals surface area (Å²) in [6.07, 6.45) is 2.70. The van der Waals surface area contributed by atoms with E-state index in [1.807, 2.05) is 23.8 Å². The van der Waals surface area contributed by atoms with Crippen LogP contribution in [0.2, 0.25) is 0 Å². The monoisotopic (exact) mass is 296 g/mol. The van der Waals surface area contributed by atoms with E-state index in [-0.39, 0.29) is 5.54 Å². The molecule has 0 saturated heterocycles. The maximum atomic E-state index is 6.34. The number of hydrogen-bond acceptors (Lipinski definition) is 3. The third-order valence-corrected chi connectivity index (χ3v) is 3.84. The Labute approximate surface area is 108 Å². The van der Waals surface area contributed by atoms with Crippen LogP contribution in [-0.2, 0) is 12.0 Å². The fourth-order valence-corrected chi connectivity index (χ4v) is 2.65. The molecule has 0 bridgehead atoms. The molecule has 84 valence electrons. The summed E-state index contributed by atoms with van der Waals surface area (Å²) in [5, 5.41) is 0. The van der Waals surface area contributed by atoms with E-state index in [4.69, 9.17) is 5.73 Å². The first-order chi connectivity index (χ1) is 7.58. The predicted molar refractivity (Wildman–Crippen MR) is 71.5 cm³/mol. The summed E-state index contributed by atoms with van der Waals surface area (Å²) in [6, 6.07) is 8.16. The van der Waals surface area contributed by atoms with E-state index in [0.717, 1.165) is 16.5 Å². The highest BCUT2D eigenvalue weighted by Crippen LogP contribution is 2.25. The van der Waals surface area contributed by atoms with E-state index < -0.39 is 0 Å². The Kier molecular flexibility index (Phi) is 3.42. The van der Waals surface area contributed by atoms with Gasteiger partial charge in [-0.2, -0.15) is 0 Å². The molecule has 1 atom stereocenters. The second-order valence-corrected chi connectivity index (χ2v) is 5.96. The van der Waals surface area contributed by atoms with Gasteiger partial charge in [0.1, 0.15) is 0 Å². The molecule has 2 aromatic rings. The molecule has 1 unspecified atom stereocenters. The Morgan fingerprint density at radius 3 is 2.62 bits per heavy atom. The molecular weight excluding hydrogens is 284 g/mol. The fourth-order valence-electron chi connectivity index (χ4n) is 1.62. The van der Waals surface area contributed by atoms with Crippen LogP contribution < -0.4 is 5.73 Å². The van der Waals surface area contributed by atoms with E-state index in [9.17, 15) is 0 Å². The summed E-state index contributed by atoms with van der Waals surface area (Å²) in [5.74, 6) is 0. The molecule has 1 aromatic carbocycles. The zero-order valence-electron chi connectivity index (χ0n) is 8.98. The minimum atomic E-state index is -0.340. The van der Waals surface area contributed by atoms with E-state index in [1.54, 1.807) is 11.3 Å². The van der Waals surface area contributed by atoms with E-state index >= 15 is 0 Å². The van der Waals surface area contributed by atoms with Crippen molar-refractivity contribution in [2.24, 2.45) is 5.73 Å². The number of thiazole rings is 1. The molecule has 0 radical (unpaired) electrons. The Bertz CT molecular complexity index is 448. The topological polar surface area (TPSA) is 38.9 Å². The summed E-state index contributed by atoms with van der Waals surface area (Å²) in [6.45, 7) is 2.05. The third-order valence-electron chi connectivity index (χ3n) is 2.53. The number of benzene rings is 1. The second kappa shape index (κ2) is 4.65. The van der Waals surface area contributed by atoms with Crippen molar-refractivity contribution in [2.45, 2.75) is 18.9 Å². The summed E-state index contributed by atoms with van der Waals surface area (Å²) < 4.78 is 1.07. The first-order valence-electron chi connectivity index (χ1n) is 5.00. The van der Waals surface area contributed by atoms with Gasteiger partial charge < -0.3 is 5.73 Å². The highest BCUT2D eigenvalue weighted by molar-refractivity contribution is 9.10. The van der Waals surface area contributed by atoms with Crippen molar-refractivity contribution >= 4 is 27.3 Å². The van der Waals surface area contributed by atoms with Crippen molar-refractivity contribution in [2.75, 3.05) is 0 Å². The minimum Gasteiger partial charge on any atom is -0.321 e. The van der Waals surface area contributed by atoms with Gasteiger partial charge in [-0.15, -0.1) is 11.3 Å². The standard InChI is InChI=1S/C12H13BrN2S/c1-12(14,6-11-7-15-8-16-11)9-2-4-10(13)5-3-9/h2-5,7-8H,6,14H2,1H3. The quantitative estimate of drug-likeness (QED) is 0.944. The highest BCUT2D eigenvalue weighted by Gasteiger charge is 2.22. The van der Waals surface area contributed by atoms with E-state index in [2.05, 4.69) is 40.0 Å². The van der Waals surface area contributed by atoms with Gasteiger partial charge in [0.15, 0.2) is 0 Å². The molecule has 2 N–H and O–H groups in total. The molecule has 0 spiro atoms. The molecule has 0 saturated carbocycles. The lowest BCUT2D eigenvalue weighted by Crippen LogP contribution is -2.35. The Morgan fingerprint density at radius 2 is 2.06 bits per heavy atom. The Morgan fingerprint density at radius 1 is 1.38 bits per heavy atom. The summed E-state index contributed by atoms with van der Waals surface area (Å²) in [4.78, 5) is 5.29. The maximum Gasteiger partial charge on any atom is 0.0794 e. The molecule has 2 rings (SSSR count). The molecule has 4 heteroatoms. The van der Waals surface area contributed by atoms with Gasteiger partial charge in [0.25, 0.3) is 0 Å². The maximum absolute atomic E-state index is 6.34. The van der Waals surface area contributed by atoms with Crippen LogP contribution >= 0.6 is 27.3 Å². The number of rotatable bonds is 3. The molecule has 0 aliphatic rings. The Hall–Kier alpha value is -0.710. The van der Waals surface area contributed by atoms with Crippen LogP contribution in [0.4, 0.5) is 0 Å². The summed E-state index contributed by atoms with van der Waals surface area (Å²) in [5.41, 5.74) is 8.99. The van der Waals surface area contributed by atoms with Crippen LogP contribution in [0.3, 0.4) is 0 Å². The lowest BCUT2D eigenvalue weighted by Gasteiger charge is -2.24. The van der Waals surface area contributed by atoms with Crippen LogP contribution in [-0.4, -0.2) is 4.98 Å². The van der Waals surface area contributed by atoms with Crippen molar-refractivity contribution in [3.8, 4) is 0 Å². The average molecular weight is 297 g/mol. The zero-order valence-corrected chi connectivity index (χ0v) is 11.4. The normalized spacial score (nSPS) is 14.7. The first kappa shape index (κ1) is 11.8. The van der Waals surface area contributed by atoms with Gasteiger partial charge >= 0.3 is 0 Å². The van der Waals surface area contributed by atoms with Crippen molar-refractivity contribution in [1.82, 2.24) is 4.98 Å². The van der Waals surface area contributed by atoms with E-state index in [0.29, 0.717) is 0 Å². The molecular formula is C12H13BrN2S. The molecule has 0 fully saturated rings. The summed E-state index contributed by atoms with van der Waals surface area (Å²) in [7, 11) is 0. The number of nitrogens with zero attached hydrogens (tertiary/aromatic N) is 1. The number of hydrogen-bond donors (Lipinski definition) is 1. The minimum absolute atomic E-state index is 0.340. The number of halogens is 1. The number of aromatic nitrogens is 1. The van der Waals surface area contributed by atoms with Crippen molar-refractivity contribution in [1.29, 1.82) is 0 Å². The average Bonchev–Trinajstić information content (AvgIpc) is 2.70. The van der Waals surface area contributed by atoms with Crippen molar-refractivity contribution in [3.63, 3.8) is 0 Å². The molecule has 0 amide bonds. The highest BCUT2D eigenvalue weighted by atomic mass is 79.9. The van der Waals surface area contributed by atoms with Gasteiger partial charge in [-0.3, -0.25) is 4.98 Å². The van der Waals surface area contributed by atoms with Gasteiger partial charge in [0.2, 0.25) is 0 Å². The molecule has 1 aromatic heterocycles. The predicted octanol–water partition coefficient (Wildman–Crippen LogP) is 3.32. The van der Waals surface area contributed by atoms with Gasteiger partial charge in [-0.1, -0.05) is 28.1 Å². The van der Waals surface area contributed by atoms with Gasteiger partial charge in [0, 0.05) is 27.5 Å². The molecule has 0 aliphatic heterocycles. The zero-order chi connectivity index (χ0) is 11.6. The molecule has 2 nitrogen and oxygen atoms in total. The van der Waals surface area contributed by atoms with Crippen LogP contribution in [0.1, 0.15) is 17.4 Å². The number of nitrogens with two attached hydrogens (primary N) is 1. The van der Waals surface area contributed by atoms with Crippen LogP contribution in [0.15, 0.2) is 40.4 Å². The molecule has 16 heavy (non-hydrogen) atoms. The van der Waals surface area contributed by atoms with Crippen LogP contribution in [0.5, 0.6) is 0 Å². The van der Waals surface area contributed by atoms with Gasteiger partial charge in [-0.25, -0.2) is 0 Å². The lowest BCUT2D eigenvalue weighted by molar-refractivity contribution is 0.495. The van der Waals surface area contributed by atoms with Crippen molar-refractivity contribution in [3.05, 3.63) is 50.9 Å². The molecule has 0 aliphatic carbocycles. The first-order valence-corrected chi connectivity index (χ1v) is 6.67. The summed E-state index contributed by atoms with van der Waals surface area (Å²) >= 11 is 5.07. The van der Waals surface area contributed by atoms with E-state index in [1.165, 1.54) is 4.88 Å². The SMILES string of the molecule is CC(N)(Cc1cncs1)c1ccc(Br)cc1. The van der Waals surface area contributed by atoms with Gasteiger partial charge in [0.05, 0.1) is 5.51 Å². The van der Waals surface area contributed by atoms with Gasteiger partial charge in [-0.05, 0) is 24.6 Å². The third kappa shape index (κ3) is 2.70. The lowest BCUT2D eigenvalue weighted by atomic mass is 9.89.